The van der Waals surface area contributed by atoms with Gasteiger partial charge in [0.15, 0.2) is 0 Å². The molecule has 0 saturated heterocycles. The maximum Gasteiger partial charge on any atom is 0.116 e. The standard InChI is InChI=1S/C29H50NOSi/c1-22-23(2)25(4)29(24(22)3)32(6,28-21-17-16-20-27(28)31-5)30-26-18-14-12-10-8-7-9-11-13-15-19-26/h16-17,20-26,29H,7-15,18-19H2,1-6H3/q-1/t22?,23?,24?,25?,29?,32-/m0/s1. The second kappa shape index (κ2) is 12.1. The van der Waals surface area contributed by atoms with Gasteiger partial charge in [0.05, 0.1) is 7.11 Å². The van der Waals surface area contributed by atoms with Gasteiger partial charge in [0.25, 0.3) is 0 Å². The van der Waals surface area contributed by atoms with Crippen LogP contribution in [0.1, 0.15) is 98.3 Å². The molecule has 2 aliphatic carbocycles. The van der Waals surface area contributed by atoms with Crippen LogP contribution in [0.25, 0.3) is 4.98 Å². The van der Waals surface area contributed by atoms with Gasteiger partial charge < -0.3 is 9.72 Å². The van der Waals surface area contributed by atoms with E-state index in [4.69, 9.17) is 9.72 Å². The van der Waals surface area contributed by atoms with Crippen LogP contribution in [0.5, 0.6) is 5.75 Å². The Morgan fingerprint density at radius 2 is 1.19 bits per heavy atom. The fourth-order valence-corrected chi connectivity index (χ4v) is 12.6. The molecule has 4 unspecified atom stereocenters. The normalized spacial score (nSPS) is 33.1. The first-order valence-corrected chi connectivity index (χ1v) is 16.3. The summed E-state index contributed by atoms with van der Waals surface area (Å²) in [7, 11) is -0.302. The van der Waals surface area contributed by atoms with Crippen LogP contribution in [0.3, 0.4) is 0 Å². The third-order valence-corrected chi connectivity index (χ3v) is 14.2. The number of ether oxygens (including phenoxy) is 1. The third kappa shape index (κ3) is 5.81. The van der Waals surface area contributed by atoms with E-state index in [1.54, 1.807) is 0 Å². The van der Waals surface area contributed by atoms with E-state index in [1.807, 2.05) is 7.11 Å². The van der Waals surface area contributed by atoms with Crippen molar-refractivity contribution in [2.75, 3.05) is 7.11 Å². The van der Waals surface area contributed by atoms with Gasteiger partial charge in [-0.25, -0.2) is 0 Å². The molecular weight excluding hydrogens is 406 g/mol. The molecule has 0 spiro atoms. The topological polar surface area (TPSA) is 23.3 Å². The van der Waals surface area contributed by atoms with Gasteiger partial charge >= 0.3 is 0 Å². The zero-order chi connectivity index (χ0) is 23.1. The zero-order valence-electron chi connectivity index (χ0n) is 21.9. The predicted octanol–water partition coefficient (Wildman–Crippen LogP) is 8.45. The monoisotopic (exact) mass is 456 g/mol. The minimum atomic E-state index is -2.15. The molecule has 1 aromatic rings. The number of hydrogen-bond acceptors (Lipinski definition) is 1. The van der Waals surface area contributed by atoms with Crippen LogP contribution in [0.2, 0.25) is 12.1 Å². The molecule has 5 atom stereocenters. The van der Waals surface area contributed by atoms with Gasteiger partial charge in [-0.05, 0) is 43.2 Å². The van der Waals surface area contributed by atoms with Crippen molar-refractivity contribution in [2.45, 2.75) is 116 Å². The van der Waals surface area contributed by atoms with Crippen molar-refractivity contribution in [3.63, 3.8) is 0 Å². The first-order chi connectivity index (χ1) is 15.4. The van der Waals surface area contributed by atoms with E-state index in [-0.39, 0.29) is 0 Å². The highest BCUT2D eigenvalue weighted by Gasteiger charge is 2.48. The summed E-state index contributed by atoms with van der Waals surface area (Å²) in [6.07, 6.45) is 15.2. The Kier molecular flexibility index (Phi) is 9.73. The van der Waals surface area contributed by atoms with Gasteiger partial charge in [-0.3, -0.25) is 0 Å². The molecule has 3 rings (SSSR count). The fraction of sp³-hybridized carbons (Fsp3) is 0.793. The van der Waals surface area contributed by atoms with Crippen LogP contribution in [-0.4, -0.2) is 21.4 Å². The van der Waals surface area contributed by atoms with Crippen LogP contribution >= 0.6 is 0 Å². The fourth-order valence-electron chi connectivity index (χ4n) is 7.16. The van der Waals surface area contributed by atoms with Crippen molar-refractivity contribution >= 4 is 13.4 Å². The van der Waals surface area contributed by atoms with Crippen LogP contribution in [0.15, 0.2) is 24.3 Å². The van der Waals surface area contributed by atoms with Crippen LogP contribution in [0, 0.1) is 23.7 Å². The molecule has 0 heterocycles. The van der Waals surface area contributed by atoms with Gasteiger partial charge in [0, 0.05) is 0 Å². The third-order valence-electron chi connectivity index (χ3n) is 9.45. The van der Waals surface area contributed by atoms with E-state index in [9.17, 15) is 0 Å². The number of para-hydroxylation sites is 1. The average Bonchev–Trinajstić information content (AvgIpc) is 2.98. The summed E-state index contributed by atoms with van der Waals surface area (Å²) >= 11 is 0. The Bertz CT molecular complexity index is 667. The van der Waals surface area contributed by atoms with Crippen LogP contribution < -0.4 is 9.92 Å². The average molecular weight is 457 g/mol. The highest BCUT2D eigenvalue weighted by atomic mass is 28.3. The van der Waals surface area contributed by atoms with Crippen molar-refractivity contribution in [1.29, 1.82) is 0 Å². The van der Waals surface area contributed by atoms with Gasteiger partial charge in [-0.2, -0.15) is 0 Å². The molecular formula is C29H50NOSi-. The molecule has 0 bridgehead atoms. The Hall–Kier alpha value is -0.803. The second-order valence-electron chi connectivity index (χ2n) is 11.4. The molecule has 0 aromatic heterocycles. The van der Waals surface area contributed by atoms with Crippen LogP contribution in [0.4, 0.5) is 0 Å². The minimum absolute atomic E-state index is 0.529. The van der Waals surface area contributed by atoms with Crippen molar-refractivity contribution < 1.29 is 4.74 Å². The molecule has 182 valence electrons. The van der Waals surface area contributed by atoms with Crippen molar-refractivity contribution in [2.24, 2.45) is 23.7 Å². The predicted molar refractivity (Wildman–Crippen MR) is 143 cm³/mol. The summed E-state index contributed by atoms with van der Waals surface area (Å²) in [5.74, 6) is 4.05. The van der Waals surface area contributed by atoms with E-state index in [2.05, 4.69) is 58.5 Å². The molecule has 2 nitrogen and oxygen atoms in total. The first kappa shape index (κ1) is 25.8. The lowest BCUT2D eigenvalue weighted by Gasteiger charge is -2.55. The quantitative estimate of drug-likeness (QED) is 0.407. The minimum Gasteiger partial charge on any atom is -0.658 e. The Morgan fingerprint density at radius 3 is 1.69 bits per heavy atom. The highest BCUT2D eigenvalue weighted by molar-refractivity contribution is 6.96. The second-order valence-corrected chi connectivity index (χ2v) is 15.1. The molecule has 0 N–H and O–H groups in total. The van der Waals surface area contributed by atoms with Crippen LogP contribution in [-0.2, 0) is 0 Å². The first-order valence-electron chi connectivity index (χ1n) is 13.8. The van der Waals surface area contributed by atoms with Crippen molar-refractivity contribution in [1.82, 2.24) is 0 Å². The summed E-state index contributed by atoms with van der Waals surface area (Å²) in [5, 5.41) is 1.44. The molecule has 2 fully saturated rings. The number of nitrogens with zero attached hydrogens (tertiary/aromatic N) is 1. The molecule has 0 aliphatic heterocycles. The van der Waals surface area contributed by atoms with E-state index < -0.39 is 8.24 Å². The molecule has 1 aromatic carbocycles. The number of methoxy groups -OCH3 is 1. The summed E-state index contributed by atoms with van der Waals surface area (Å²) < 4.78 is 5.95. The maximum atomic E-state index is 5.98. The Balaban J connectivity index is 1.92. The molecule has 0 radical (unpaired) electrons. The largest absolute Gasteiger partial charge is 0.658 e. The van der Waals surface area contributed by atoms with Crippen molar-refractivity contribution in [3.8, 4) is 5.75 Å². The lowest BCUT2D eigenvalue weighted by atomic mass is 9.92. The lowest BCUT2D eigenvalue weighted by Crippen LogP contribution is -2.53. The summed E-state index contributed by atoms with van der Waals surface area (Å²) in [5.41, 5.74) is 0.685. The molecule has 2 aliphatic rings. The van der Waals surface area contributed by atoms with E-state index >= 15 is 0 Å². The van der Waals surface area contributed by atoms with Gasteiger partial charge in [0.2, 0.25) is 0 Å². The van der Waals surface area contributed by atoms with Gasteiger partial charge in [-0.1, -0.05) is 129 Å². The Labute approximate surface area is 200 Å². The number of benzene rings is 1. The number of hydrogen-bond donors (Lipinski definition) is 0. The zero-order valence-corrected chi connectivity index (χ0v) is 22.9. The van der Waals surface area contributed by atoms with Gasteiger partial charge in [-0.15, -0.1) is 6.04 Å². The lowest BCUT2D eigenvalue weighted by molar-refractivity contribution is 0.352. The number of rotatable bonds is 5. The SMILES string of the molecule is COc1ccccc1[Si@](C)([N-]C1CCCCCCCCCCC1)C1C(C)C(C)C(C)C1C. The molecule has 2 saturated carbocycles. The Morgan fingerprint density at radius 1 is 0.719 bits per heavy atom. The van der Waals surface area contributed by atoms with E-state index in [0.29, 0.717) is 11.6 Å². The summed E-state index contributed by atoms with van der Waals surface area (Å²) in [4.78, 5) is 5.98. The molecule has 32 heavy (non-hydrogen) atoms. The van der Waals surface area contributed by atoms with Gasteiger partial charge in [0.1, 0.15) is 5.75 Å². The summed E-state index contributed by atoms with van der Waals surface area (Å²) in [6.45, 7) is 12.6. The maximum absolute atomic E-state index is 5.98. The van der Waals surface area contributed by atoms with E-state index in [0.717, 1.165) is 29.4 Å². The smallest absolute Gasteiger partial charge is 0.116 e. The van der Waals surface area contributed by atoms with E-state index in [1.165, 1.54) is 75.8 Å². The summed E-state index contributed by atoms with van der Waals surface area (Å²) in [6, 6.07) is 9.41. The highest BCUT2D eigenvalue weighted by Crippen LogP contribution is 2.55. The molecule has 0 amide bonds. The van der Waals surface area contributed by atoms with Crippen molar-refractivity contribution in [3.05, 3.63) is 29.2 Å². The molecule has 3 heteroatoms.